The van der Waals surface area contributed by atoms with E-state index >= 15 is 0 Å². The Hall–Kier alpha value is -2.58. The fourth-order valence-electron chi connectivity index (χ4n) is 3.58. The molecule has 1 rings (SSSR count). The van der Waals surface area contributed by atoms with Crippen LogP contribution in [0.15, 0.2) is 12.5 Å². The number of hydrogen-bond acceptors (Lipinski definition) is 5. The molecule has 4 N–H and O–H groups in total. The summed E-state index contributed by atoms with van der Waals surface area (Å²) < 4.78 is 5.22. The monoisotopic (exact) mass is 466 g/mol. The zero-order chi connectivity index (χ0) is 24.3. The van der Waals surface area contributed by atoms with Crippen LogP contribution >= 0.6 is 0 Å². The van der Waals surface area contributed by atoms with Crippen molar-refractivity contribution in [2.75, 3.05) is 6.61 Å². The van der Waals surface area contributed by atoms with Gasteiger partial charge in [0.15, 0.2) is 0 Å². The van der Waals surface area contributed by atoms with E-state index in [0.29, 0.717) is 25.1 Å². The van der Waals surface area contributed by atoms with Crippen LogP contribution in [-0.2, 0) is 20.7 Å². The van der Waals surface area contributed by atoms with Gasteiger partial charge in [-0.25, -0.2) is 14.6 Å². The van der Waals surface area contributed by atoms with Crippen molar-refractivity contribution in [1.29, 1.82) is 0 Å². The van der Waals surface area contributed by atoms with Gasteiger partial charge in [0.25, 0.3) is 0 Å². The van der Waals surface area contributed by atoms with Crippen LogP contribution in [0.4, 0.5) is 4.79 Å². The number of amides is 2. The van der Waals surface area contributed by atoms with Crippen LogP contribution in [0, 0.1) is 0 Å². The van der Waals surface area contributed by atoms with Gasteiger partial charge in [0.1, 0.15) is 12.1 Å². The maximum atomic E-state index is 12.6. The van der Waals surface area contributed by atoms with Crippen molar-refractivity contribution in [3.8, 4) is 0 Å². The van der Waals surface area contributed by atoms with E-state index in [1.54, 1.807) is 0 Å². The van der Waals surface area contributed by atoms with Gasteiger partial charge in [0.05, 0.1) is 12.9 Å². The van der Waals surface area contributed by atoms with E-state index in [2.05, 4.69) is 27.5 Å². The molecular weight excluding hydrogens is 424 g/mol. The number of rotatable bonds is 19. The number of ether oxygens (including phenoxy) is 1. The summed E-state index contributed by atoms with van der Waals surface area (Å²) in [5.74, 6) is -1.70. The lowest BCUT2D eigenvalue weighted by molar-refractivity contribution is -0.142. The number of unbranched alkanes of at least 4 members (excludes halogenated alkanes) is 9. The van der Waals surface area contributed by atoms with Crippen LogP contribution in [0.25, 0.3) is 0 Å². The highest BCUT2D eigenvalue weighted by molar-refractivity contribution is 5.89. The second-order valence-corrected chi connectivity index (χ2v) is 8.48. The summed E-state index contributed by atoms with van der Waals surface area (Å²) in [5, 5.41) is 14.5. The first kappa shape index (κ1) is 28.5. The minimum Gasteiger partial charge on any atom is -0.480 e. The number of H-pyrrole nitrogens is 1. The molecule has 0 aliphatic rings. The molecule has 0 aliphatic heterocycles. The standard InChI is InChI=1S/C24H42N4O5/c1-3-5-6-7-8-9-10-11-12-13-15-33-24(32)28-20(14-4-2)22(29)27-21(23(30)31)16-19-17-25-18-26-19/h17-18,20-21H,3-16H2,1-2H3,(H,25,26)(H,27,29)(H,28,32)(H,30,31)/t20-,21-/m0/s1. The van der Waals surface area contributed by atoms with Gasteiger partial charge in [-0.1, -0.05) is 78.1 Å². The van der Waals surface area contributed by atoms with Crippen LogP contribution in [-0.4, -0.2) is 51.7 Å². The maximum Gasteiger partial charge on any atom is 0.407 e. The van der Waals surface area contributed by atoms with E-state index < -0.39 is 30.1 Å². The number of carboxylic acids is 1. The van der Waals surface area contributed by atoms with Gasteiger partial charge < -0.3 is 25.5 Å². The van der Waals surface area contributed by atoms with Gasteiger partial charge in [0, 0.05) is 18.3 Å². The van der Waals surface area contributed by atoms with Gasteiger partial charge in [0.2, 0.25) is 5.91 Å². The average molecular weight is 467 g/mol. The fourth-order valence-corrected chi connectivity index (χ4v) is 3.58. The third-order valence-corrected chi connectivity index (χ3v) is 5.51. The highest BCUT2D eigenvalue weighted by atomic mass is 16.5. The van der Waals surface area contributed by atoms with E-state index in [1.807, 2.05) is 6.92 Å². The second-order valence-electron chi connectivity index (χ2n) is 8.48. The molecule has 0 aliphatic carbocycles. The van der Waals surface area contributed by atoms with E-state index in [4.69, 9.17) is 4.74 Å². The lowest BCUT2D eigenvalue weighted by atomic mass is 10.1. The van der Waals surface area contributed by atoms with Crippen LogP contribution in [0.1, 0.15) is 96.6 Å². The predicted molar refractivity (Wildman–Crippen MR) is 127 cm³/mol. The summed E-state index contributed by atoms with van der Waals surface area (Å²) in [6, 6.07) is -1.97. The number of aromatic amines is 1. The predicted octanol–water partition coefficient (Wildman–Crippen LogP) is 4.34. The molecule has 9 heteroatoms. The number of nitrogens with zero attached hydrogens (tertiary/aromatic N) is 1. The minimum absolute atomic E-state index is 0.0725. The molecule has 1 heterocycles. The Morgan fingerprint density at radius 1 is 0.939 bits per heavy atom. The molecule has 0 spiro atoms. The van der Waals surface area contributed by atoms with Crippen molar-refractivity contribution < 1.29 is 24.2 Å². The maximum absolute atomic E-state index is 12.6. The van der Waals surface area contributed by atoms with Gasteiger partial charge in [-0.3, -0.25) is 4.79 Å². The minimum atomic E-state index is -1.16. The Labute approximate surface area is 197 Å². The number of carbonyl (C=O) groups excluding carboxylic acids is 2. The summed E-state index contributed by atoms with van der Waals surface area (Å²) >= 11 is 0. The van der Waals surface area contributed by atoms with Crippen molar-refractivity contribution >= 4 is 18.0 Å². The summed E-state index contributed by atoms with van der Waals surface area (Å²) in [6.07, 6.45) is 15.3. The van der Waals surface area contributed by atoms with Gasteiger partial charge in [-0.05, 0) is 12.8 Å². The highest BCUT2D eigenvalue weighted by Crippen LogP contribution is 2.10. The van der Waals surface area contributed by atoms with Crippen LogP contribution in [0.3, 0.4) is 0 Å². The molecule has 2 amide bonds. The number of alkyl carbamates (subject to hydrolysis) is 1. The average Bonchev–Trinajstić information content (AvgIpc) is 3.29. The summed E-state index contributed by atoms with van der Waals surface area (Å²) in [5.41, 5.74) is 0.596. The molecule has 0 saturated carbocycles. The van der Waals surface area contributed by atoms with Crippen molar-refractivity contribution in [3.63, 3.8) is 0 Å². The molecule has 1 aromatic rings. The quantitative estimate of drug-likeness (QED) is 0.224. The first-order valence-electron chi connectivity index (χ1n) is 12.4. The molecule has 33 heavy (non-hydrogen) atoms. The summed E-state index contributed by atoms with van der Waals surface area (Å²) in [6.45, 7) is 4.41. The zero-order valence-corrected chi connectivity index (χ0v) is 20.2. The smallest absolute Gasteiger partial charge is 0.407 e. The number of imidazole rings is 1. The van der Waals surface area contributed by atoms with Crippen molar-refractivity contribution in [2.24, 2.45) is 0 Å². The molecule has 2 atom stereocenters. The van der Waals surface area contributed by atoms with E-state index in [-0.39, 0.29) is 6.42 Å². The number of carbonyl (C=O) groups is 3. The third kappa shape index (κ3) is 13.5. The van der Waals surface area contributed by atoms with Crippen molar-refractivity contribution in [2.45, 2.75) is 109 Å². The molecule has 0 saturated heterocycles. The molecular formula is C24H42N4O5. The molecule has 9 nitrogen and oxygen atoms in total. The van der Waals surface area contributed by atoms with Crippen LogP contribution in [0.5, 0.6) is 0 Å². The van der Waals surface area contributed by atoms with E-state index in [1.165, 1.54) is 57.5 Å². The molecule has 0 bridgehead atoms. The zero-order valence-electron chi connectivity index (χ0n) is 20.2. The Balaban J connectivity index is 2.28. The molecule has 0 fully saturated rings. The number of nitrogens with one attached hydrogen (secondary N) is 3. The van der Waals surface area contributed by atoms with Crippen LogP contribution < -0.4 is 10.6 Å². The van der Waals surface area contributed by atoms with Gasteiger partial charge >= 0.3 is 12.1 Å². The van der Waals surface area contributed by atoms with Crippen molar-refractivity contribution in [3.05, 3.63) is 18.2 Å². The van der Waals surface area contributed by atoms with Crippen molar-refractivity contribution in [1.82, 2.24) is 20.6 Å². The number of aliphatic carboxylic acids is 1. The lowest BCUT2D eigenvalue weighted by Gasteiger charge is -2.20. The Morgan fingerprint density at radius 2 is 1.58 bits per heavy atom. The van der Waals surface area contributed by atoms with Gasteiger partial charge in [-0.2, -0.15) is 0 Å². The molecule has 188 valence electrons. The lowest BCUT2D eigenvalue weighted by Crippen LogP contribution is -2.52. The summed E-state index contributed by atoms with van der Waals surface area (Å²) in [7, 11) is 0. The SMILES string of the molecule is CCCCCCCCCCCCOC(=O)N[C@@H](CCC)C(=O)N[C@@H](Cc1cnc[nH]1)C(=O)O. The topological polar surface area (TPSA) is 133 Å². The third-order valence-electron chi connectivity index (χ3n) is 5.51. The Kier molecular flexibility index (Phi) is 15.4. The highest BCUT2D eigenvalue weighted by Gasteiger charge is 2.27. The second kappa shape index (κ2) is 17.9. The normalized spacial score (nSPS) is 12.7. The molecule has 0 aromatic carbocycles. The number of carboxylic acid groups (broad SMARTS) is 1. The molecule has 1 aromatic heterocycles. The van der Waals surface area contributed by atoms with E-state index in [0.717, 1.165) is 19.3 Å². The largest absolute Gasteiger partial charge is 0.480 e. The van der Waals surface area contributed by atoms with E-state index in [9.17, 15) is 19.5 Å². The number of aromatic nitrogens is 2. The first-order chi connectivity index (χ1) is 16.0. The van der Waals surface area contributed by atoms with Gasteiger partial charge in [-0.15, -0.1) is 0 Å². The summed E-state index contributed by atoms with van der Waals surface area (Å²) in [4.78, 5) is 42.9. The molecule has 0 radical (unpaired) electrons. The Bertz CT molecular complexity index is 666. The molecule has 0 unspecified atom stereocenters. The van der Waals surface area contributed by atoms with Crippen LogP contribution in [0.2, 0.25) is 0 Å². The first-order valence-corrected chi connectivity index (χ1v) is 12.4. The Morgan fingerprint density at radius 3 is 2.12 bits per heavy atom. The fraction of sp³-hybridized carbons (Fsp3) is 0.750. The number of hydrogen-bond donors (Lipinski definition) is 4.